The molecule has 0 saturated heterocycles. The number of hydrogen-bond donors (Lipinski definition) is 1. The summed E-state index contributed by atoms with van der Waals surface area (Å²) >= 11 is 2.13. The Balaban J connectivity index is 3.75. The molecule has 0 amide bonds. The minimum Gasteiger partial charge on any atom is -0.389 e. The number of rotatable bonds is 4. The molecule has 2 heteroatoms. The molecule has 0 saturated carbocycles. The fourth-order valence-corrected chi connectivity index (χ4v) is 1.43. The summed E-state index contributed by atoms with van der Waals surface area (Å²) in [5, 5.41) is 9.42. The van der Waals surface area contributed by atoms with Gasteiger partial charge in [-0.3, -0.25) is 0 Å². The van der Waals surface area contributed by atoms with E-state index in [1.165, 1.54) is 0 Å². The Labute approximate surface area is 76.7 Å². The van der Waals surface area contributed by atoms with E-state index in [4.69, 9.17) is 0 Å². The Morgan fingerprint density at radius 2 is 1.90 bits per heavy atom. The lowest BCUT2D eigenvalue weighted by Gasteiger charge is -2.15. The lowest BCUT2D eigenvalue weighted by Crippen LogP contribution is -2.15. The van der Waals surface area contributed by atoms with Crippen LogP contribution in [0.5, 0.6) is 0 Å². The Morgan fingerprint density at radius 1 is 1.40 bits per heavy atom. The number of aliphatic hydroxyl groups excluding tert-OH is 1. The monoisotopic (exact) mass is 254 g/mol. The first-order chi connectivity index (χ1) is 4.76. The number of hydrogen-bond acceptors (Lipinski definition) is 1. The Morgan fingerprint density at radius 3 is 2.20 bits per heavy atom. The van der Waals surface area contributed by atoms with Gasteiger partial charge in [-0.05, 0) is 16.1 Å². The third kappa shape index (κ3) is 3.56. The Kier molecular flexibility index (Phi) is 6.43. The second-order valence-electron chi connectivity index (χ2n) is 2.39. The summed E-state index contributed by atoms with van der Waals surface area (Å²) in [4.78, 5) is 0. The van der Waals surface area contributed by atoms with Gasteiger partial charge in [-0.15, -0.1) is 0 Å². The first-order valence-corrected chi connectivity index (χ1v) is 4.95. The normalized spacial score (nSPS) is 14.9. The molecule has 60 valence electrons. The van der Waals surface area contributed by atoms with Crippen molar-refractivity contribution in [3.63, 3.8) is 0 Å². The maximum Gasteiger partial charge on any atom is 0.0756 e. The first kappa shape index (κ1) is 10.4. The van der Waals surface area contributed by atoms with Gasteiger partial charge in [0.2, 0.25) is 0 Å². The van der Waals surface area contributed by atoms with E-state index in [0.29, 0.717) is 5.92 Å². The van der Waals surface area contributed by atoms with Crippen LogP contribution in [-0.2, 0) is 0 Å². The van der Waals surface area contributed by atoms with Crippen molar-refractivity contribution in [3.05, 3.63) is 10.2 Å². The van der Waals surface area contributed by atoms with Crippen LogP contribution in [0.3, 0.4) is 0 Å². The van der Waals surface area contributed by atoms with Crippen molar-refractivity contribution < 1.29 is 5.11 Å². The summed E-state index contributed by atoms with van der Waals surface area (Å²) in [5.74, 6) is 0.436. The summed E-state index contributed by atoms with van der Waals surface area (Å²) in [6, 6.07) is 0. The molecule has 1 unspecified atom stereocenters. The van der Waals surface area contributed by atoms with Crippen LogP contribution in [0.25, 0.3) is 0 Å². The molecule has 0 radical (unpaired) electrons. The molecule has 0 heterocycles. The topological polar surface area (TPSA) is 20.2 Å². The maximum absolute atomic E-state index is 9.42. The minimum atomic E-state index is -0.244. The molecule has 0 aromatic carbocycles. The summed E-state index contributed by atoms with van der Waals surface area (Å²) in [6.07, 6.45) is 3.71. The summed E-state index contributed by atoms with van der Waals surface area (Å²) in [5.41, 5.74) is 0. The van der Waals surface area contributed by atoms with Crippen molar-refractivity contribution in [2.45, 2.75) is 32.8 Å². The van der Waals surface area contributed by atoms with E-state index in [-0.39, 0.29) is 6.10 Å². The summed E-state index contributed by atoms with van der Waals surface area (Å²) in [6.45, 7) is 4.22. The van der Waals surface area contributed by atoms with E-state index in [1.54, 1.807) is 0 Å². The van der Waals surface area contributed by atoms with Crippen molar-refractivity contribution in [1.82, 2.24) is 0 Å². The van der Waals surface area contributed by atoms with Gasteiger partial charge in [0.1, 0.15) is 0 Å². The molecule has 0 fully saturated rings. The van der Waals surface area contributed by atoms with Gasteiger partial charge in [-0.2, -0.15) is 0 Å². The molecule has 1 nitrogen and oxygen atoms in total. The molecule has 0 aliphatic heterocycles. The molecular formula is C8H15IO. The zero-order valence-electron chi connectivity index (χ0n) is 6.55. The molecule has 0 aliphatic carbocycles. The predicted molar refractivity (Wildman–Crippen MR) is 53.2 cm³/mol. The average molecular weight is 254 g/mol. The van der Waals surface area contributed by atoms with Crippen molar-refractivity contribution in [1.29, 1.82) is 0 Å². The maximum atomic E-state index is 9.42. The SMILES string of the molecule is CCC(CC)C(O)/C=C/I. The highest BCUT2D eigenvalue weighted by Crippen LogP contribution is 2.14. The lowest BCUT2D eigenvalue weighted by atomic mass is 9.97. The standard InChI is InChI=1S/C8H15IO/c1-3-7(4-2)8(10)5-6-9/h5-8,10H,3-4H2,1-2H3/b6-5+. The van der Waals surface area contributed by atoms with Crippen LogP contribution in [0.4, 0.5) is 0 Å². The van der Waals surface area contributed by atoms with Crippen molar-refractivity contribution in [2.75, 3.05) is 0 Å². The van der Waals surface area contributed by atoms with Gasteiger partial charge < -0.3 is 5.11 Å². The second kappa shape index (κ2) is 6.16. The Bertz CT molecular complexity index is 97.4. The van der Waals surface area contributed by atoms with E-state index in [9.17, 15) is 5.11 Å². The fourth-order valence-electron chi connectivity index (χ4n) is 1.00. The van der Waals surface area contributed by atoms with Crippen LogP contribution in [-0.4, -0.2) is 11.2 Å². The van der Waals surface area contributed by atoms with E-state index < -0.39 is 0 Å². The van der Waals surface area contributed by atoms with E-state index in [1.807, 2.05) is 10.2 Å². The molecule has 0 spiro atoms. The van der Waals surface area contributed by atoms with E-state index in [2.05, 4.69) is 36.4 Å². The van der Waals surface area contributed by atoms with Gasteiger partial charge in [0.15, 0.2) is 0 Å². The highest BCUT2D eigenvalue weighted by molar-refractivity contribution is 14.1. The molecular weight excluding hydrogens is 239 g/mol. The predicted octanol–water partition coefficient (Wildman–Crippen LogP) is 2.73. The molecule has 0 bridgehead atoms. The molecule has 0 rings (SSSR count). The summed E-state index contributed by atoms with van der Waals surface area (Å²) in [7, 11) is 0. The number of aliphatic hydroxyl groups is 1. The minimum absolute atomic E-state index is 0.244. The fraction of sp³-hybridized carbons (Fsp3) is 0.750. The molecule has 10 heavy (non-hydrogen) atoms. The molecule has 1 N–H and O–H groups in total. The van der Waals surface area contributed by atoms with Crippen LogP contribution in [0.15, 0.2) is 10.2 Å². The van der Waals surface area contributed by atoms with Crippen molar-refractivity contribution in [2.24, 2.45) is 5.92 Å². The molecule has 0 aliphatic rings. The van der Waals surface area contributed by atoms with Gasteiger partial charge in [-0.1, -0.05) is 49.3 Å². The third-order valence-electron chi connectivity index (χ3n) is 1.80. The van der Waals surface area contributed by atoms with E-state index >= 15 is 0 Å². The molecule has 0 aromatic heterocycles. The van der Waals surface area contributed by atoms with E-state index in [0.717, 1.165) is 12.8 Å². The zero-order valence-corrected chi connectivity index (χ0v) is 8.71. The van der Waals surface area contributed by atoms with Gasteiger partial charge in [0.25, 0.3) is 0 Å². The molecule has 1 atom stereocenters. The lowest BCUT2D eigenvalue weighted by molar-refractivity contribution is 0.147. The average Bonchev–Trinajstić information content (AvgIpc) is 1.91. The van der Waals surface area contributed by atoms with Gasteiger partial charge in [-0.25, -0.2) is 0 Å². The van der Waals surface area contributed by atoms with Crippen LogP contribution in [0.2, 0.25) is 0 Å². The van der Waals surface area contributed by atoms with Crippen LogP contribution in [0.1, 0.15) is 26.7 Å². The van der Waals surface area contributed by atoms with Gasteiger partial charge in [0, 0.05) is 0 Å². The van der Waals surface area contributed by atoms with Gasteiger partial charge >= 0.3 is 0 Å². The van der Waals surface area contributed by atoms with Crippen LogP contribution in [0, 0.1) is 5.92 Å². The number of halogens is 1. The molecule has 0 aromatic rings. The smallest absolute Gasteiger partial charge is 0.0756 e. The van der Waals surface area contributed by atoms with Crippen molar-refractivity contribution >= 4 is 22.6 Å². The summed E-state index contributed by atoms with van der Waals surface area (Å²) < 4.78 is 1.88. The first-order valence-electron chi connectivity index (χ1n) is 3.71. The zero-order chi connectivity index (χ0) is 7.98. The van der Waals surface area contributed by atoms with Crippen LogP contribution >= 0.6 is 22.6 Å². The van der Waals surface area contributed by atoms with Crippen LogP contribution < -0.4 is 0 Å². The highest BCUT2D eigenvalue weighted by atomic mass is 127. The third-order valence-corrected chi connectivity index (χ3v) is 2.22. The largest absolute Gasteiger partial charge is 0.389 e. The van der Waals surface area contributed by atoms with Gasteiger partial charge in [0.05, 0.1) is 6.10 Å². The second-order valence-corrected chi connectivity index (χ2v) is 3.10. The van der Waals surface area contributed by atoms with Crippen molar-refractivity contribution in [3.8, 4) is 0 Å². The highest BCUT2D eigenvalue weighted by Gasteiger charge is 2.10. The quantitative estimate of drug-likeness (QED) is 0.765. The Hall–Kier alpha value is 0.430.